The Morgan fingerprint density at radius 2 is 1.82 bits per heavy atom. The zero-order chi connectivity index (χ0) is 13.2. The predicted molar refractivity (Wildman–Crippen MR) is 56.6 cm³/mol. The highest BCUT2D eigenvalue weighted by Gasteiger charge is 2.47. The highest BCUT2D eigenvalue weighted by molar-refractivity contribution is 5.74. The summed E-state index contributed by atoms with van der Waals surface area (Å²) in [5.41, 5.74) is 0. The molecule has 0 aromatic rings. The number of aliphatic carboxylic acids is 1. The third-order valence-corrected chi connectivity index (χ3v) is 3.45. The van der Waals surface area contributed by atoms with Crippen molar-refractivity contribution in [3.05, 3.63) is 0 Å². The van der Waals surface area contributed by atoms with Gasteiger partial charge in [-0.1, -0.05) is 13.8 Å². The molecule has 3 nitrogen and oxygen atoms in total. The van der Waals surface area contributed by atoms with Crippen molar-refractivity contribution in [3.63, 3.8) is 0 Å². The van der Waals surface area contributed by atoms with Crippen molar-refractivity contribution in [1.29, 1.82) is 0 Å². The van der Waals surface area contributed by atoms with Gasteiger partial charge in [-0.3, -0.25) is 9.69 Å². The van der Waals surface area contributed by atoms with E-state index in [-0.39, 0.29) is 0 Å². The first-order chi connectivity index (χ1) is 7.73. The van der Waals surface area contributed by atoms with Crippen molar-refractivity contribution >= 4 is 5.97 Å². The maximum atomic E-state index is 12.6. The Hall–Kier alpha value is -0.780. The van der Waals surface area contributed by atoms with Gasteiger partial charge in [-0.05, 0) is 31.8 Å². The normalized spacial score (nSPS) is 23.4. The Labute approximate surface area is 98.6 Å². The molecule has 0 unspecified atom stereocenters. The van der Waals surface area contributed by atoms with Crippen LogP contribution in [0.1, 0.15) is 26.7 Å². The van der Waals surface area contributed by atoms with Crippen molar-refractivity contribution in [2.45, 2.75) is 38.9 Å². The molecule has 0 aliphatic carbocycles. The smallest absolute Gasteiger partial charge is 0.393 e. The van der Waals surface area contributed by atoms with Crippen molar-refractivity contribution in [2.75, 3.05) is 13.1 Å². The largest absolute Gasteiger partial charge is 0.480 e. The van der Waals surface area contributed by atoms with Gasteiger partial charge in [0.25, 0.3) is 0 Å². The van der Waals surface area contributed by atoms with Crippen LogP contribution in [0.3, 0.4) is 0 Å². The predicted octanol–water partition coefficient (Wildman–Crippen LogP) is 2.37. The molecule has 0 amide bonds. The highest BCUT2D eigenvalue weighted by Crippen LogP contribution is 2.32. The number of carboxylic acids is 1. The third-order valence-electron chi connectivity index (χ3n) is 3.45. The van der Waals surface area contributed by atoms with Gasteiger partial charge in [0, 0.05) is 0 Å². The Kier molecular flexibility index (Phi) is 4.41. The molecule has 0 aromatic carbocycles. The zero-order valence-electron chi connectivity index (χ0n) is 10.00. The average molecular weight is 253 g/mol. The van der Waals surface area contributed by atoms with Crippen LogP contribution in [0, 0.1) is 11.8 Å². The third kappa shape index (κ3) is 3.59. The summed E-state index contributed by atoms with van der Waals surface area (Å²) in [6.45, 7) is 3.83. The van der Waals surface area contributed by atoms with Gasteiger partial charge in [-0.15, -0.1) is 0 Å². The molecule has 0 radical (unpaired) electrons. The number of piperidine rings is 1. The second-order valence-corrected chi connectivity index (χ2v) is 4.83. The molecule has 0 spiro atoms. The number of likely N-dealkylation sites (tertiary alicyclic amines) is 1. The second kappa shape index (κ2) is 5.25. The molecule has 2 atom stereocenters. The van der Waals surface area contributed by atoms with Gasteiger partial charge in [0.1, 0.15) is 6.04 Å². The summed E-state index contributed by atoms with van der Waals surface area (Å²) in [4.78, 5) is 12.5. The fraction of sp³-hybridized carbons (Fsp3) is 0.909. The van der Waals surface area contributed by atoms with Gasteiger partial charge in [-0.25, -0.2) is 0 Å². The van der Waals surface area contributed by atoms with Crippen LogP contribution in [0.25, 0.3) is 0 Å². The lowest BCUT2D eigenvalue weighted by Gasteiger charge is -2.37. The van der Waals surface area contributed by atoms with Gasteiger partial charge < -0.3 is 5.11 Å². The van der Waals surface area contributed by atoms with E-state index in [4.69, 9.17) is 5.11 Å². The van der Waals surface area contributed by atoms with Gasteiger partial charge in [0.15, 0.2) is 0 Å². The van der Waals surface area contributed by atoms with E-state index in [1.165, 1.54) is 4.90 Å². The maximum absolute atomic E-state index is 12.6. The minimum Gasteiger partial charge on any atom is -0.480 e. The summed E-state index contributed by atoms with van der Waals surface area (Å²) >= 11 is 0. The Morgan fingerprint density at radius 1 is 1.35 bits per heavy atom. The molecule has 0 saturated carbocycles. The number of hydrogen-bond acceptors (Lipinski definition) is 2. The van der Waals surface area contributed by atoms with Crippen molar-refractivity contribution in [2.24, 2.45) is 11.8 Å². The standard InChI is InChI=1S/C11H18F3NO2/c1-7-3-5-15(6-4-7)9(10(16)17)8(2)11(12,13)14/h7-9H,3-6H2,1-2H3,(H,16,17)/t8-,9+/m1/s1. The number of nitrogens with zero attached hydrogens (tertiary/aromatic N) is 1. The van der Waals surface area contributed by atoms with Crippen molar-refractivity contribution < 1.29 is 23.1 Å². The molecule has 0 aromatic heterocycles. The summed E-state index contributed by atoms with van der Waals surface area (Å²) in [6.07, 6.45) is -2.95. The molecule has 1 rings (SSSR count). The molecule has 100 valence electrons. The topological polar surface area (TPSA) is 40.5 Å². The SMILES string of the molecule is CC1CCN([C@H](C(=O)O)[C@@H](C)C(F)(F)F)CC1. The number of hydrogen-bond donors (Lipinski definition) is 1. The van der Waals surface area contributed by atoms with Crippen LogP contribution in [0.5, 0.6) is 0 Å². The molecule has 1 heterocycles. The van der Waals surface area contributed by atoms with E-state index in [2.05, 4.69) is 0 Å². The minimum absolute atomic E-state index is 0.429. The molecular weight excluding hydrogens is 235 g/mol. The summed E-state index contributed by atoms with van der Waals surface area (Å²) in [5, 5.41) is 8.98. The van der Waals surface area contributed by atoms with Crippen molar-refractivity contribution in [1.82, 2.24) is 4.90 Å². The average Bonchev–Trinajstić information content (AvgIpc) is 2.19. The van der Waals surface area contributed by atoms with Crippen LogP contribution in [-0.4, -0.2) is 41.3 Å². The fourth-order valence-corrected chi connectivity index (χ4v) is 2.17. The molecule has 0 bridgehead atoms. The Morgan fingerprint density at radius 3 is 2.18 bits per heavy atom. The van der Waals surface area contributed by atoms with Gasteiger partial charge in [0.2, 0.25) is 0 Å². The van der Waals surface area contributed by atoms with Crippen molar-refractivity contribution in [3.8, 4) is 0 Å². The molecule has 1 aliphatic rings. The van der Waals surface area contributed by atoms with E-state index < -0.39 is 24.1 Å². The molecule has 1 saturated heterocycles. The van der Waals surface area contributed by atoms with Gasteiger partial charge >= 0.3 is 12.1 Å². The first kappa shape index (κ1) is 14.3. The van der Waals surface area contributed by atoms with Crippen LogP contribution < -0.4 is 0 Å². The lowest BCUT2D eigenvalue weighted by atomic mass is 9.93. The van der Waals surface area contributed by atoms with E-state index in [0.29, 0.717) is 19.0 Å². The number of carboxylic acid groups (broad SMARTS) is 1. The van der Waals surface area contributed by atoms with E-state index in [0.717, 1.165) is 19.8 Å². The van der Waals surface area contributed by atoms with E-state index in [1.54, 1.807) is 0 Å². The molecule has 6 heteroatoms. The second-order valence-electron chi connectivity index (χ2n) is 4.83. The Bertz CT molecular complexity index is 272. The molecule has 1 aliphatic heterocycles. The zero-order valence-corrected chi connectivity index (χ0v) is 10.00. The number of alkyl halides is 3. The summed E-state index contributed by atoms with van der Waals surface area (Å²) in [7, 11) is 0. The maximum Gasteiger partial charge on any atom is 0.393 e. The van der Waals surface area contributed by atoms with Crippen LogP contribution >= 0.6 is 0 Å². The lowest BCUT2D eigenvalue weighted by molar-refractivity contribution is -0.196. The number of carbonyl (C=O) groups is 1. The van der Waals surface area contributed by atoms with E-state index in [1.807, 2.05) is 6.92 Å². The lowest BCUT2D eigenvalue weighted by Crippen LogP contribution is -2.52. The summed E-state index contributed by atoms with van der Waals surface area (Å²) in [6, 6.07) is -1.46. The summed E-state index contributed by atoms with van der Waals surface area (Å²) < 4.78 is 37.8. The molecule has 17 heavy (non-hydrogen) atoms. The Balaban J connectivity index is 2.76. The van der Waals surface area contributed by atoms with Crippen LogP contribution in [0.4, 0.5) is 13.2 Å². The first-order valence-electron chi connectivity index (χ1n) is 5.77. The number of halogens is 3. The molecule has 1 fully saturated rings. The molecule has 1 N–H and O–H groups in total. The van der Waals surface area contributed by atoms with Gasteiger partial charge in [0.05, 0.1) is 5.92 Å². The molecular formula is C11H18F3NO2. The van der Waals surface area contributed by atoms with E-state index >= 15 is 0 Å². The first-order valence-corrected chi connectivity index (χ1v) is 5.77. The van der Waals surface area contributed by atoms with Crippen LogP contribution in [0.2, 0.25) is 0 Å². The quantitative estimate of drug-likeness (QED) is 0.839. The fourth-order valence-electron chi connectivity index (χ4n) is 2.17. The monoisotopic (exact) mass is 253 g/mol. The van der Waals surface area contributed by atoms with E-state index in [9.17, 15) is 18.0 Å². The van der Waals surface area contributed by atoms with Crippen LogP contribution in [-0.2, 0) is 4.79 Å². The number of rotatable bonds is 3. The highest BCUT2D eigenvalue weighted by atomic mass is 19.4. The summed E-state index contributed by atoms with van der Waals surface area (Å²) in [5.74, 6) is -2.76. The van der Waals surface area contributed by atoms with Crippen LogP contribution in [0.15, 0.2) is 0 Å². The minimum atomic E-state index is -4.47. The van der Waals surface area contributed by atoms with Gasteiger partial charge in [-0.2, -0.15) is 13.2 Å².